The van der Waals surface area contributed by atoms with Crippen LogP contribution in [0, 0.1) is 11.3 Å². The van der Waals surface area contributed by atoms with Crippen molar-refractivity contribution >= 4 is 5.65 Å². The van der Waals surface area contributed by atoms with E-state index in [4.69, 9.17) is 5.26 Å². The molecule has 2 aromatic heterocycles. The third kappa shape index (κ3) is 3.24. The van der Waals surface area contributed by atoms with Crippen molar-refractivity contribution < 1.29 is 22.8 Å². The largest absolute Gasteiger partial charge is 0.477 e. The Morgan fingerprint density at radius 3 is 2.67 bits per heavy atom. The van der Waals surface area contributed by atoms with E-state index in [1.807, 2.05) is 6.07 Å². The summed E-state index contributed by atoms with van der Waals surface area (Å²) in [6.07, 6.45) is -3.07. The molecule has 0 fully saturated rings. The second kappa shape index (κ2) is 6.76. The maximum atomic E-state index is 13.1. The molecule has 3 rings (SSSR count). The first-order chi connectivity index (χ1) is 12.8. The quantitative estimate of drug-likeness (QED) is 0.714. The number of benzene rings is 1. The van der Waals surface area contributed by atoms with Gasteiger partial charge in [-0.3, -0.25) is 0 Å². The molecule has 1 aromatic carbocycles. The number of nitriles is 1. The van der Waals surface area contributed by atoms with Crippen LogP contribution < -0.4 is 10.1 Å². The highest BCUT2D eigenvalue weighted by atomic mass is 19.4. The van der Waals surface area contributed by atoms with Gasteiger partial charge in [0.25, 0.3) is 11.5 Å². The van der Waals surface area contributed by atoms with Crippen LogP contribution in [0.4, 0.5) is 13.2 Å². The third-order valence-electron chi connectivity index (χ3n) is 4.28. The summed E-state index contributed by atoms with van der Waals surface area (Å²) in [5, 5.41) is 19.8. The molecule has 0 aliphatic carbocycles. The summed E-state index contributed by atoms with van der Waals surface area (Å²) in [6, 6.07) is 10.6. The predicted molar refractivity (Wildman–Crippen MR) is 90.9 cm³/mol. The molecule has 8 heteroatoms. The van der Waals surface area contributed by atoms with Crippen LogP contribution in [0.5, 0.6) is 5.88 Å². The van der Waals surface area contributed by atoms with Crippen LogP contribution in [0.25, 0.3) is 16.8 Å². The van der Waals surface area contributed by atoms with Gasteiger partial charge in [0.05, 0.1) is 24.3 Å². The molecule has 1 unspecified atom stereocenters. The number of fused-ring (bicyclic) bond motifs is 1. The summed E-state index contributed by atoms with van der Waals surface area (Å²) in [5.41, 5.74) is -1.55. The molecule has 0 radical (unpaired) electrons. The van der Waals surface area contributed by atoms with Gasteiger partial charge in [0, 0.05) is 6.07 Å². The van der Waals surface area contributed by atoms with Crippen LogP contribution in [0.15, 0.2) is 53.5 Å². The molecular weight excluding hydrogens is 359 g/mol. The Bertz CT molecular complexity index is 1110. The van der Waals surface area contributed by atoms with E-state index in [0.29, 0.717) is 5.65 Å². The molecule has 138 valence electrons. The molecule has 5 nitrogen and oxygen atoms in total. The first-order valence-corrected chi connectivity index (χ1v) is 8.08. The van der Waals surface area contributed by atoms with E-state index in [2.05, 4.69) is 0 Å². The fraction of sp³-hybridized carbons (Fsp3) is 0.211. The first kappa shape index (κ1) is 18.5. The SMILES string of the molecule is CC(CC#N)[n+]1c(O)c(-c2cccc(C(F)(F)F)c2)c(=O)n2ccccc21. The molecule has 1 N–H and O–H groups in total. The molecule has 0 bridgehead atoms. The zero-order valence-corrected chi connectivity index (χ0v) is 14.2. The number of nitrogens with zero attached hydrogens (tertiary/aromatic N) is 3. The van der Waals surface area contributed by atoms with Crippen molar-refractivity contribution in [3.8, 4) is 23.1 Å². The molecule has 0 aliphatic heterocycles. The lowest BCUT2D eigenvalue weighted by atomic mass is 10.0. The molecule has 3 aromatic rings. The Kier molecular flexibility index (Phi) is 4.62. The van der Waals surface area contributed by atoms with Gasteiger partial charge in [-0.15, -0.1) is 0 Å². The van der Waals surface area contributed by atoms with E-state index >= 15 is 0 Å². The van der Waals surface area contributed by atoms with Crippen molar-refractivity contribution in [1.29, 1.82) is 5.26 Å². The van der Waals surface area contributed by atoms with Gasteiger partial charge in [0.2, 0.25) is 0 Å². The van der Waals surface area contributed by atoms with Crippen LogP contribution in [0.1, 0.15) is 24.9 Å². The minimum atomic E-state index is -4.58. The Morgan fingerprint density at radius 1 is 1.26 bits per heavy atom. The van der Waals surface area contributed by atoms with Crippen LogP contribution >= 0.6 is 0 Å². The summed E-state index contributed by atoms with van der Waals surface area (Å²) < 4.78 is 41.8. The Labute approximate surface area is 152 Å². The van der Waals surface area contributed by atoms with Crippen LogP contribution in [-0.2, 0) is 6.18 Å². The fourth-order valence-corrected chi connectivity index (χ4v) is 3.01. The standard InChI is InChI=1S/C19H14F3N3O2/c1-12(8-9-23)25-15-7-2-3-10-24(15)17(26)16(18(25)27)13-5-4-6-14(11-13)19(20,21)22/h2-7,10-12H,8H2,1H3/p+1. The van der Waals surface area contributed by atoms with E-state index in [0.717, 1.165) is 12.1 Å². The van der Waals surface area contributed by atoms with Crippen molar-refractivity contribution in [3.63, 3.8) is 0 Å². The lowest BCUT2D eigenvalue weighted by molar-refractivity contribution is -0.702. The van der Waals surface area contributed by atoms with E-state index < -0.39 is 29.2 Å². The topological polar surface area (TPSA) is 69.4 Å². The highest BCUT2D eigenvalue weighted by Gasteiger charge is 2.32. The summed E-state index contributed by atoms with van der Waals surface area (Å²) in [4.78, 5) is 12.9. The second-order valence-electron chi connectivity index (χ2n) is 6.09. The van der Waals surface area contributed by atoms with E-state index in [-0.39, 0.29) is 17.5 Å². The second-order valence-corrected chi connectivity index (χ2v) is 6.09. The van der Waals surface area contributed by atoms with E-state index in [9.17, 15) is 23.1 Å². The fourth-order valence-electron chi connectivity index (χ4n) is 3.01. The lowest BCUT2D eigenvalue weighted by Gasteiger charge is -2.14. The van der Waals surface area contributed by atoms with Crippen LogP contribution in [0.2, 0.25) is 0 Å². The Morgan fingerprint density at radius 2 is 2.00 bits per heavy atom. The number of alkyl halides is 3. The Hall–Kier alpha value is -3.34. The maximum Gasteiger partial charge on any atom is 0.416 e. The van der Waals surface area contributed by atoms with Gasteiger partial charge in [-0.25, -0.2) is 4.79 Å². The van der Waals surface area contributed by atoms with Gasteiger partial charge in [-0.2, -0.15) is 27.4 Å². The molecule has 27 heavy (non-hydrogen) atoms. The minimum absolute atomic E-state index is 0.0447. The number of aromatic nitrogens is 2. The van der Waals surface area contributed by atoms with Gasteiger partial charge in [0.15, 0.2) is 5.56 Å². The molecule has 0 spiro atoms. The molecule has 1 atom stereocenters. The summed E-state index contributed by atoms with van der Waals surface area (Å²) in [5.74, 6) is -0.478. The lowest BCUT2D eigenvalue weighted by Crippen LogP contribution is -2.43. The highest BCUT2D eigenvalue weighted by Crippen LogP contribution is 2.33. The third-order valence-corrected chi connectivity index (χ3v) is 4.28. The molecule has 2 heterocycles. The number of hydrogen-bond acceptors (Lipinski definition) is 3. The average molecular weight is 374 g/mol. The highest BCUT2D eigenvalue weighted by molar-refractivity contribution is 5.68. The Balaban J connectivity index is 2.38. The number of aromatic hydroxyl groups is 1. The van der Waals surface area contributed by atoms with Crippen molar-refractivity contribution in [2.45, 2.75) is 25.6 Å². The van der Waals surface area contributed by atoms with Gasteiger partial charge in [0.1, 0.15) is 6.04 Å². The molecular formula is C19H15F3N3O2+. The van der Waals surface area contributed by atoms with Crippen LogP contribution in [-0.4, -0.2) is 9.51 Å². The van der Waals surface area contributed by atoms with E-state index in [1.165, 1.54) is 27.3 Å². The molecule has 0 amide bonds. The molecule has 0 aliphatic rings. The normalized spacial score (nSPS) is 12.7. The van der Waals surface area contributed by atoms with Gasteiger partial charge in [-0.05, 0) is 30.7 Å². The minimum Gasteiger partial charge on any atom is -0.477 e. The predicted octanol–water partition coefficient (Wildman–Crippen LogP) is 3.45. The summed E-state index contributed by atoms with van der Waals surface area (Å²) in [7, 11) is 0. The van der Waals surface area contributed by atoms with Crippen molar-refractivity contribution in [2.75, 3.05) is 0 Å². The molecule has 0 saturated carbocycles. The number of pyridine rings is 1. The zero-order valence-electron chi connectivity index (χ0n) is 14.2. The number of halogens is 3. The zero-order chi connectivity index (χ0) is 19.8. The summed E-state index contributed by atoms with van der Waals surface area (Å²) in [6.45, 7) is 1.68. The van der Waals surface area contributed by atoms with Gasteiger partial charge < -0.3 is 5.11 Å². The smallest absolute Gasteiger partial charge is 0.416 e. The maximum absolute atomic E-state index is 13.1. The van der Waals surface area contributed by atoms with Crippen molar-refractivity contribution in [1.82, 2.24) is 4.40 Å². The van der Waals surface area contributed by atoms with Crippen molar-refractivity contribution in [2.24, 2.45) is 0 Å². The monoisotopic (exact) mass is 374 g/mol. The van der Waals surface area contributed by atoms with Crippen molar-refractivity contribution in [3.05, 3.63) is 64.6 Å². The average Bonchev–Trinajstić information content (AvgIpc) is 2.62. The first-order valence-electron chi connectivity index (χ1n) is 8.08. The number of hydrogen-bond donors (Lipinski definition) is 1. The number of rotatable bonds is 3. The summed E-state index contributed by atoms with van der Waals surface area (Å²) >= 11 is 0. The van der Waals surface area contributed by atoms with E-state index in [1.54, 1.807) is 25.1 Å². The molecule has 0 saturated heterocycles. The van der Waals surface area contributed by atoms with Crippen LogP contribution in [0.3, 0.4) is 0 Å². The van der Waals surface area contributed by atoms with Gasteiger partial charge in [-0.1, -0.05) is 18.2 Å². The van der Waals surface area contributed by atoms with Gasteiger partial charge >= 0.3 is 11.7 Å².